The van der Waals surface area contributed by atoms with Crippen molar-refractivity contribution in [3.8, 4) is 11.3 Å². The first kappa shape index (κ1) is 9.31. The van der Waals surface area contributed by atoms with Gasteiger partial charge < -0.3 is 10.2 Å². The molecular formula is C11H10ClNO. The molecule has 0 unspecified atom stereocenters. The Morgan fingerprint density at radius 1 is 1.29 bits per heavy atom. The summed E-state index contributed by atoms with van der Waals surface area (Å²) in [6, 6.07) is 9.48. The van der Waals surface area contributed by atoms with Crippen LogP contribution in [-0.4, -0.2) is 0 Å². The van der Waals surface area contributed by atoms with E-state index in [4.69, 9.17) is 21.8 Å². The first-order chi connectivity index (χ1) is 6.81. The van der Waals surface area contributed by atoms with Crippen molar-refractivity contribution in [3.05, 3.63) is 47.2 Å². The lowest BCUT2D eigenvalue weighted by atomic mass is 10.1. The highest BCUT2D eigenvalue weighted by molar-refractivity contribution is 6.31. The molecule has 1 aromatic heterocycles. The average Bonchev–Trinajstić information content (AvgIpc) is 2.70. The predicted molar refractivity (Wildman–Crippen MR) is 57.0 cm³/mol. The Morgan fingerprint density at radius 3 is 2.71 bits per heavy atom. The molecule has 2 rings (SSSR count). The fraction of sp³-hybridized carbons (Fsp3) is 0.0909. The molecule has 0 bridgehead atoms. The summed E-state index contributed by atoms with van der Waals surface area (Å²) in [7, 11) is 0. The number of furan rings is 1. The van der Waals surface area contributed by atoms with Crippen LogP contribution in [0, 0.1) is 0 Å². The second kappa shape index (κ2) is 3.86. The van der Waals surface area contributed by atoms with Crippen LogP contribution < -0.4 is 5.73 Å². The SMILES string of the molecule is NCc1ccc(-c2ccco2)cc1Cl. The van der Waals surface area contributed by atoms with Crippen LogP contribution in [0.1, 0.15) is 5.56 Å². The molecule has 2 nitrogen and oxygen atoms in total. The highest BCUT2D eigenvalue weighted by atomic mass is 35.5. The largest absolute Gasteiger partial charge is 0.464 e. The monoisotopic (exact) mass is 207 g/mol. The van der Waals surface area contributed by atoms with Crippen molar-refractivity contribution in [1.29, 1.82) is 0 Å². The maximum absolute atomic E-state index is 6.02. The van der Waals surface area contributed by atoms with Crippen molar-refractivity contribution in [2.75, 3.05) is 0 Å². The zero-order valence-corrected chi connectivity index (χ0v) is 8.29. The van der Waals surface area contributed by atoms with Crippen LogP contribution in [-0.2, 0) is 6.54 Å². The van der Waals surface area contributed by atoms with Gasteiger partial charge in [0.15, 0.2) is 0 Å². The second-order valence-corrected chi connectivity index (χ2v) is 3.39. The summed E-state index contributed by atoms with van der Waals surface area (Å²) in [4.78, 5) is 0. The minimum atomic E-state index is 0.456. The fourth-order valence-electron chi connectivity index (χ4n) is 1.31. The molecule has 3 heteroatoms. The lowest BCUT2D eigenvalue weighted by Gasteiger charge is -2.02. The van der Waals surface area contributed by atoms with E-state index in [1.165, 1.54) is 0 Å². The van der Waals surface area contributed by atoms with Gasteiger partial charge in [-0.25, -0.2) is 0 Å². The molecular weight excluding hydrogens is 198 g/mol. The van der Waals surface area contributed by atoms with Gasteiger partial charge in [-0.1, -0.05) is 23.7 Å². The Labute approximate surface area is 87.3 Å². The van der Waals surface area contributed by atoms with Crippen LogP contribution >= 0.6 is 11.6 Å². The summed E-state index contributed by atoms with van der Waals surface area (Å²) >= 11 is 6.02. The lowest BCUT2D eigenvalue weighted by Crippen LogP contribution is -1.96. The topological polar surface area (TPSA) is 39.2 Å². The molecule has 0 radical (unpaired) electrons. The molecule has 0 saturated carbocycles. The molecule has 0 aliphatic rings. The second-order valence-electron chi connectivity index (χ2n) is 2.99. The number of halogens is 1. The van der Waals surface area contributed by atoms with Gasteiger partial charge in [-0.05, 0) is 23.8 Å². The van der Waals surface area contributed by atoms with Gasteiger partial charge in [0.1, 0.15) is 5.76 Å². The van der Waals surface area contributed by atoms with Crippen molar-refractivity contribution >= 4 is 11.6 Å². The Morgan fingerprint density at radius 2 is 2.14 bits per heavy atom. The fourth-order valence-corrected chi connectivity index (χ4v) is 1.57. The summed E-state index contributed by atoms with van der Waals surface area (Å²) in [5.74, 6) is 0.815. The van der Waals surface area contributed by atoms with Crippen LogP contribution in [0.15, 0.2) is 41.0 Å². The van der Waals surface area contributed by atoms with Gasteiger partial charge in [0.05, 0.1) is 6.26 Å². The van der Waals surface area contributed by atoms with Crippen LogP contribution in [0.4, 0.5) is 0 Å². The summed E-state index contributed by atoms with van der Waals surface area (Å²) < 4.78 is 5.26. The van der Waals surface area contributed by atoms with Crippen molar-refractivity contribution in [2.45, 2.75) is 6.54 Å². The maximum atomic E-state index is 6.02. The molecule has 2 aromatic rings. The van der Waals surface area contributed by atoms with E-state index < -0.39 is 0 Å². The minimum Gasteiger partial charge on any atom is -0.464 e. The molecule has 0 atom stereocenters. The lowest BCUT2D eigenvalue weighted by molar-refractivity contribution is 0.582. The molecule has 0 fully saturated rings. The maximum Gasteiger partial charge on any atom is 0.133 e. The Hall–Kier alpha value is -1.25. The standard InChI is InChI=1S/C11H10ClNO/c12-10-6-8(3-4-9(10)7-13)11-2-1-5-14-11/h1-6H,7,13H2. The summed E-state index contributed by atoms with van der Waals surface area (Å²) in [6.07, 6.45) is 1.64. The summed E-state index contributed by atoms with van der Waals surface area (Å²) in [5, 5.41) is 0.682. The zero-order chi connectivity index (χ0) is 9.97. The molecule has 0 aliphatic carbocycles. The van der Waals surface area contributed by atoms with Gasteiger partial charge in [0.2, 0.25) is 0 Å². The van der Waals surface area contributed by atoms with E-state index in [9.17, 15) is 0 Å². The third-order valence-corrected chi connectivity index (χ3v) is 2.43. The zero-order valence-electron chi connectivity index (χ0n) is 7.53. The van der Waals surface area contributed by atoms with Gasteiger partial charge in [-0.2, -0.15) is 0 Å². The highest BCUT2D eigenvalue weighted by Crippen LogP contribution is 2.25. The van der Waals surface area contributed by atoms with Gasteiger partial charge in [-0.3, -0.25) is 0 Å². The Kier molecular flexibility index (Phi) is 2.57. The predicted octanol–water partition coefficient (Wildman–Crippen LogP) is 3.06. The molecule has 0 amide bonds. The van der Waals surface area contributed by atoms with E-state index in [1.54, 1.807) is 6.26 Å². The van der Waals surface area contributed by atoms with Gasteiger partial charge >= 0.3 is 0 Å². The van der Waals surface area contributed by atoms with Crippen molar-refractivity contribution < 1.29 is 4.42 Å². The number of nitrogens with two attached hydrogens (primary N) is 1. The molecule has 1 heterocycles. The van der Waals surface area contributed by atoms with E-state index in [1.807, 2.05) is 30.3 Å². The van der Waals surface area contributed by atoms with Gasteiger partial charge in [0, 0.05) is 17.1 Å². The Balaban J connectivity index is 2.43. The molecule has 0 aliphatic heterocycles. The van der Waals surface area contributed by atoms with Gasteiger partial charge in [0.25, 0.3) is 0 Å². The molecule has 0 spiro atoms. The number of benzene rings is 1. The molecule has 72 valence electrons. The van der Waals surface area contributed by atoms with Crippen LogP contribution in [0.25, 0.3) is 11.3 Å². The van der Waals surface area contributed by atoms with E-state index in [-0.39, 0.29) is 0 Å². The van der Waals surface area contributed by atoms with E-state index in [2.05, 4.69) is 0 Å². The van der Waals surface area contributed by atoms with Crippen molar-refractivity contribution in [1.82, 2.24) is 0 Å². The minimum absolute atomic E-state index is 0.456. The quantitative estimate of drug-likeness (QED) is 0.822. The molecule has 14 heavy (non-hydrogen) atoms. The number of rotatable bonds is 2. The van der Waals surface area contributed by atoms with Crippen LogP contribution in [0.2, 0.25) is 5.02 Å². The normalized spacial score (nSPS) is 10.4. The van der Waals surface area contributed by atoms with Gasteiger partial charge in [-0.15, -0.1) is 0 Å². The van der Waals surface area contributed by atoms with Crippen LogP contribution in [0.5, 0.6) is 0 Å². The van der Waals surface area contributed by atoms with E-state index in [0.717, 1.165) is 16.9 Å². The van der Waals surface area contributed by atoms with Crippen molar-refractivity contribution in [2.24, 2.45) is 5.73 Å². The first-order valence-corrected chi connectivity index (χ1v) is 4.71. The molecule has 0 saturated heterocycles. The smallest absolute Gasteiger partial charge is 0.133 e. The van der Waals surface area contributed by atoms with Crippen LogP contribution in [0.3, 0.4) is 0 Å². The third kappa shape index (κ3) is 1.67. The highest BCUT2D eigenvalue weighted by Gasteiger charge is 2.03. The summed E-state index contributed by atoms with van der Waals surface area (Å²) in [6.45, 7) is 0.456. The molecule has 2 N–H and O–H groups in total. The van der Waals surface area contributed by atoms with Crippen molar-refractivity contribution in [3.63, 3.8) is 0 Å². The Bertz CT molecular complexity index is 423. The summed E-state index contributed by atoms with van der Waals surface area (Å²) in [5.41, 5.74) is 7.43. The van der Waals surface area contributed by atoms with E-state index >= 15 is 0 Å². The number of hydrogen-bond donors (Lipinski definition) is 1. The first-order valence-electron chi connectivity index (χ1n) is 4.33. The van der Waals surface area contributed by atoms with E-state index in [0.29, 0.717) is 11.6 Å². The average molecular weight is 208 g/mol. The molecule has 1 aromatic carbocycles. The third-order valence-electron chi connectivity index (χ3n) is 2.08. The number of hydrogen-bond acceptors (Lipinski definition) is 2.